The van der Waals surface area contributed by atoms with E-state index in [4.69, 9.17) is 4.99 Å². The number of nitrogens with one attached hydrogen (secondary N) is 1. The van der Waals surface area contributed by atoms with Gasteiger partial charge in [-0.15, -0.1) is 11.8 Å². The smallest absolute Gasteiger partial charge is 0.132 e. The number of benzene rings is 3. The summed E-state index contributed by atoms with van der Waals surface area (Å²) in [5.74, 6) is 3.09. The molecule has 4 heteroatoms. The SMILES string of the molecule is C(=C(/Nc1ccccc1)c1ccccc1)/C(=N/c1ccccc1)N1CCSC1. The van der Waals surface area contributed by atoms with Gasteiger partial charge in [0.05, 0.1) is 11.6 Å². The van der Waals surface area contributed by atoms with Gasteiger partial charge in [-0.3, -0.25) is 0 Å². The quantitative estimate of drug-likeness (QED) is 0.439. The summed E-state index contributed by atoms with van der Waals surface area (Å²) in [5.41, 5.74) is 4.21. The largest absolute Gasteiger partial charge is 0.355 e. The number of thioether (sulfide) groups is 1. The first-order valence-corrected chi connectivity index (χ1v) is 10.6. The molecule has 1 aliphatic heterocycles. The topological polar surface area (TPSA) is 27.6 Å². The first-order chi connectivity index (χ1) is 13.9. The second-order valence-electron chi connectivity index (χ2n) is 6.52. The van der Waals surface area contributed by atoms with Crippen LogP contribution in [-0.2, 0) is 0 Å². The van der Waals surface area contributed by atoms with E-state index in [1.807, 2.05) is 66.4 Å². The predicted octanol–water partition coefficient (Wildman–Crippen LogP) is 5.88. The van der Waals surface area contributed by atoms with Crippen molar-refractivity contribution >= 4 is 34.7 Å². The first kappa shape index (κ1) is 18.4. The molecule has 0 amide bonds. The lowest BCUT2D eigenvalue weighted by molar-refractivity contribution is 0.546. The standard InChI is InChI=1S/C24H23N3S/c1-4-10-20(11-5-1)23(25-21-12-6-2-7-13-21)18-24(27-16-17-28-19-27)26-22-14-8-3-9-15-22/h1-15,18,25H,16-17,19H2/b23-18-,26-24-. The van der Waals surface area contributed by atoms with Crippen LogP contribution in [0.2, 0.25) is 0 Å². The summed E-state index contributed by atoms with van der Waals surface area (Å²) in [6.07, 6.45) is 2.17. The number of amidine groups is 1. The second-order valence-corrected chi connectivity index (χ2v) is 7.60. The van der Waals surface area contributed by atoms with E-state index in [-0.39, 0.29) is 0 Å². The summed E-state index contributed by atoms with van der Waals surface area (Å²) in [7, 11) is 0. The Kier molecular flexibility index (Phi) is 6.10. The van der Waals surface area contributed by atoms with Gasteiger partial charge in [-0.1, -0.05) is 66.7 Å². The van der Waals surface area contributed by atoms with Crippen LogP contribution in [0.3, 0.4) is 0 Å². The molecule has 0 bridgehead atoms. The van der Waals surface area contributed by atoms with E-state index in [0.29, 0.717) is 0 Å². The van der Waals surface area contributed by atoms with Crippen molar-refractivity contribution in [2.45, 2.75) is 0 Å². The zero-order chi connectivity index (χ0) is 19.0. The van der Waals surface area contributed by atoms with E-state index >= 15 is 0 Å². The van der Waals surface area contributed by atoms with Crippen molar-refractivity contribution in [1.82, 2.24) is 4.90 Å². The van der Waals surface area contributed by atoms with Gasteiger partial charge in [0.2, 0.25) is 0 Å². The Morgan fingerprint density at radius 3 is 2.14 bits per heavy atom. The van der Waals surface area contributed by atoms with E-state index in [1.54, 1.807) is 0 Å². The molecule has 4 rings (SSSR count). The lowest BCUT2D eigenvalue weighted by atomic mass is 10.1. The summed E-state index contributed by atoms with van der Waals surface area (Å²) >= 11 is 1.94. The first-order valence-electron chi connectivity index (χ1n) is 9.44. The Bertz CT molecular complexity index is 931. The van der Waals surface area contributed by atoms with Gasteiger partial charge in [0.1, 0.15) is 5.84 Å². The molecule has 1 saturated heterocycles. The van der Waals surface area contributed by atoms with Crippen molar-refractivity contribution in [2.75, 3.05) is 23.5 Å². The van der Waals surface area contributed by atoms with Crippen molar-refractivity contribution < 1.29 is 0 Å². The number of nitrogens with zero attached hydrogens (tertiary/aromatic N) is 2. The third-order valence-corrected chi connectivity index (χ3v) is 5.45. The summed E-state index contributed by atoms with van der Waals surface area (Å²) < 4.78 is 0. The molecule has 28 heavy (non-hydrogen) atoms. The number of para-hydroxylation sites is 2. The highest BCUT2D eigenvalue weighted by Gasteiger charge is 2.16. The Labute approximate surface area is 170 Å². The monoisotopic (exact) mass is 385 g/mol. The molecular formula is C24H23N3S. The van der Waals surface area contributed by atoms with Gasteiger partial charge in [0.25, 0.3) is 0 Å². The fourth-order valence-electron chi connectivity index (χ4n) is 3.04. The van der Waals surface area contributed by atoms with Crippen LogP contribution in [0.5, 0.6) is 0 Å². The fraction of sp³-hybridized carbons (Fsp3) is 0.125. The molecule has 0 aliphatic carbocycles. The van der Waals surface area contributed by atoms with Crippen LogP contribution in [0.4, 0.5) is 11.4 Å². The Balaban J connectivity index is 1.75. The molecule has 0 spiro atoms. The normalized spacial score (nSPS) is 14.9. The lowest BCUT2D eigenvalue weighted by Crippen LogP contribution is -2.26. The van der Waals surface area contributed by atoms with Crippen LogP contribution >= 0.6 is 11.8 Å². The highest BCUT2D eigenvalue weighted by atomic mass is 32.2. The van der Waals surface area contributed by atoms with Gasteiger partial charge in [0, 0.05) is 29.8 Å². The van der Waals surface area contributed by atoms with Crippen LogP contribution in [0.25, 0.3) is 5.70 Å². The maximum absolute atomic E-state index is 4.96. The number of rotatable bonds is 5. The highest BCUT2D eigenvalue weighted by molar-refractivity contribution is 7.99. The van der Waals surface area contributed by atoms with E-state index < -0.39 is 0 Å². The third kappa shape index (κ3) is 4.84. The predicted molar refractivity (Wildman–Crippen MR) is 122 cm³/mol. The molecule has 1 heterocycles. The van der Waals surface area contributed by atoms with Crippen LogP contribution in [0, 0.1) is 0 Å². The average Bonchev–Trinajstić information content (AvgIpc) is 3.30. The molecule has 3 nitrogen and oxygen atoms in total. The van der Waals surface area contributed by atoms with Crippen molar-refractivity contribution in [1.29, 1.82) is 0 Å². The van der Waals surface area contributed by atoms with Crippen molar-refractivity contribution in [3.8, 4) is 0 Å². The van der Waals surface area contributed by atoms with E-state index in [2.05, 4.69) is 52.7 Å². The molecule has 140 valence electrons. The van der Waals surface area contributed by atoms with Crippen LogP contribution in [0.15, 0.2) is 102 Å². The molecule has 0 saturated carbocycles. The lowest BCUT2D eigenvalue weighted by Gasteiger charge is -2.19. The number of hydrogen-bond acceptors (Lipinski definition) is 3. The van der Waals surface area contributed by atoms with Gasteiger partial charge >= 0.3 is 0 Å². The Morgan fingerprint density at radius 1 is 0.857 bits per heavy atom. The molecule has 1 aliphatic rings. The second kappa shape index (κ2) is 9.29. The van der Waals surface area contributed by atoms with E-state index in [0.717, 1.165) is 46.6 Å². The Hall–Kier alpha value is -2.98. The van der Waals surface area contributed by atoms with Crippen LogP contribution in [0.1, 0.15) is 5.56 Å². The number of aliphatic imine (C=N–C) groups is 1. The maximum atomic E-state index is 4.96. The highest BCUT2D eigenvalue weighted by Crippen LogP contribution is 2.23. The number of hydrogen-bond donors (Lipinski definition) is 1. The molecule has 1 N–H and O–H groups in total. The summed E-state index contributed by atoms with van der Waals surface area (Å²) in [6.45, 7) is 1.01. The fourth-order valence-corrected chi connectivity index (χ4v) is 4.00. The number of anilines is 1. The van der Waals surface area contributed by atoms with Gasteiger partial charge in [0.15, 0.2) is 0 Å². The average molecular weight is 386 g/mol. The van der Waals surface area contributed by atoms with Gasteiger partial charge in [-0.25, -0.2) is 4.99 Å². The molecule has 0 unspecified atom stereocenters. The Morgan fingerprint density at radius 2 is 1.50 bits per heavy atom. The van der Waals surface area contributed by atoms with Gasteiger partial charge in [-0.2, -0.15) is 0 Å². The molecule has 0 radical (unpaired) electrons. The molecule has 0 aromatic heterocycles. The van der Waals surface area contributed by atoms with Gasteiger partial charge < -0.3 is 10.2 Å². The van der Waals surface area contributed by atoms with E-state index in [9.17, 15) is 0 Å². The molecule has 0 atom stereocenters. The maximum Gasteiger partial charge on any atom is 0.132 e. The van der Waals surface area contributed by atoms with Crippen LogP contribution in [-0.4, -0.2) is 28.9 Å². The minimum absolute atomic E-state index is 0.968. The van der Waals surface area contributed by atoms with Crippen LogP contribution < -0.4 is 5.32 Å². The summed E-state index contributed by atoms with van der Waals surface area (Å²) in [4.78, 5) is 7.30. The van der Waals surface area contributed by atoms with E-state index in [1.165, 1.54) is 0 Å². The third-order valence-electron chi connectivity index (χ3n) is 4.49. The molecule has 3 aromatic carbocycles. The molecular weight excluding hydrogens is 362 g/mol. The zero-order valence-corrected chi connectivity index (χ0v) is 16.5. The molecule has 1 fully saturated rings. The summed E-state index contributed by atoms with van der Waals surface area (Å²) in [5, 5.41) is 3.58. The van der Waals surface area contributed by atoms with Crippen molar-refractivity contribution in [3.05, 3.63) is 103 Å². The molecule has 3 aromatic rings. The summed E-state index contributed by atoms with van der Waals surface area (Å²) in [6, 6.07) is 30.9. The van der Waals surface area contributed by atoms with Crippen molar-refractivity contribution in [3.63, 3.8) is 0 Å². The minimum atomic E-state index is 0.968. The minimum Gasteiger partial charge on any atom is -0.355 e. The van der Waals surface area contributed by atoms with Crippen molar-refractivity contribution in [2.24, 2.45) is 4.99 Å². The van der Waals surface area contributed by atoms with Gasteiger partial charge in [-0.05, 0) is 29.8 Å². The zero-order valence-electron chi connectivity index (χ0n) is 15.7.